The lowest BCUT2D eigenvalue weighted by Gasteiger charge is -2.32. The molecule has 0 fully saturated rings. The summed E-state index contributed by atoms with van der Waals surface area (Å²) in [6, 6.07) is 0. The third-order valence-electron chi connectivity index (χ3n) is 4.32. The molecule has 27 heavy (non-hydrogen) atoms. The summed E-state index contributed by atoms with van der Waals surface area (Å²) in [6.07, 6.45) is 1.85. The first-order chi connectivity index (χ1) is 12.7. The summed E-state index contributed by atoms with van der Waals surface area (Å²) >= 11 is 0. The van der Waals surface area contributed by atoms with Crippen LogP contribution in [0.25, 0.3) is 0 Å². The number of esters is 3. The molecule has 3 atom stereocenters. The van der Waals surface area contributed by atoms with Gasteiger partial charge in [-0.3, -0.25) is 0 Å². The molecule has 0 heterocycles. The largest absolute Gasteiger partial charge is 0.466 e. The van der Waals surface area contributed by atoms with Crippen LogP contribution < -0.4 is 0 Å². The highest BCUT2D eigenvalue weighted by Gasteiger charge is 2.38. The van der Waals surface area contributed by atoms with Gasteiger partial charge in [0.2, 0.25) is 0 Å². The van der Waals surface area contributed by atoms with Gasteiger partial charge in [0, 0.05) is 24.1 Å². The van der Waals surface area contributed by atoms with Crippen LogP contribution in [-0.2, 0) is 28.6 Å². The van der Waals surface area contributed by atoms with E-state index in [1.165, 1.54) is 25.3 Å². The molecule has 0 aromatic rings. The highest BCUT2D eigenvalue weighted by Crippen LogP contribution is 2.25. The van der Waals surface area contributed by atoms with Crippen molar-refractivity contribution in [2.75, 3.05) is 7.11 Å². The highest BCUT2D eigenvalue weighted by molar-refractivity contribution is 5.89. The van der Waals surface area contributed by atoms with Crippen LogP contribution >= 0.6 is 0 Å². The summed E-state index contributed by atoms with van der Waals surface area (Å²) in [5.41, 5.74) is 1.80. The molecule has 0 aromatic carbocycles. The molecule has 1 rings (SSSR count). The molecule has 0 amide bonds. The summed E-state index contributed by atoms with van der Waals surface area (Å²) in [4.78, 5) is 35.9. The standard InChI is InChI=1S/C20H28O7/c1-6-12(3)8-17(21)26-15-10-14(20(24)25-5)11-16(19(15)23)27-18(22)9-13(4)7-2/h8-10,15-16,19,23H,6-7,11H2,1-5H3/b12-8+,13-9+/t15-,16-,19-/m1/s1. The number of ether oxygens (including phenoxy) is 3. The minimum absolute atomic E-state index is 0.0313. The van der Waals surface area contributed by atoms with Crippen LogP contribution in [0, 0.1) is 0 Å². The Morgan fingerprint density at radius 2 is 1.59 bits per heavy atom. The number of rotatable bonds is 7. The van der Waals surface area contributed by atoms with Crippen molar-refractivity contribution in [1.29, 1.82) is 0 Å². The zero-order valence-electron chi connectivity index (χ0n) is 16.5. The third kappa shape index (κ3) is 7.02. The lowest BCUT2D eigenvalue weighted by Crippen LogP contribution is -2.45. The van der Waals surface area contributed by atoms with Crippen LogP contribution in [0.4, 0.5) is 0 Å². The van der Waals surface area contributed by atoms with Crippen molar-refractivity contribution in [2.24, 2.45) is 0 Å². The van der Waals surface area contributed by atoms with Gasteiger partial charge in [-0.2, -0.15) is 0 Å². The summed E-state index contributed by atoms with van der Waals surface area (Å²) in [5.74, 6) is -1.91. The first kappa shape index (κ1) is 22.6. The van der Waals surface area contributed by atoms with Crippen LogP contribution in [-0.4, -0.2) is 48.4 Å². The van der Waals surface area contributed by atoms with E-state index in [9.17, 15) is 19.5 Å². The normalized spacial score (nSPS) is 23.3. The fraction of sp³-hybridized carbons (Fsp3) is 0.550. The second-order valence-corrected chi connectivity index (χ2v) is 6.44. The smallest absolute Gasteiger partial charge is 0.333 e. The van der Waals surface area contributed by atoms with E-state index in [-0.39, 0.29) is 12.0 Å². The zero-order valence-corrected chi connectivity index (χ0v) is 16.5. The maximum absolute atomic E-state index is 12.0. The predicted octanol–water partition coefficient (Wildman–Crippen LogP) is 2.39. The molecule has 7 heteroatoms. The monoisotopic (exact) mass is 380 g/mol. The number of carbonyl (C=O) groups excluding carboxylic acids is 3. The molecule has 0 spiro atoms. The average Bonchev–Trinajstić information content (AvgIpc) is 2.63. The first-order valence-electron chi connectivity index (χ1n) is 8.94. The molecular formula is C20H28O7. The van der Waals surface area contributed by atoms with Gasteiger partial charge in [0.05, 0.1) is 7.11 Å². The minimum Gasteiger partial charge on any atom is -0.466 e. The number of carbonyl (C=O) groups is 3. The van der Waals surface area contributed by atoms with Crippen molar-refractivity contribution in [3.8, 4) is 0 Å². The van der Waals surface area contributed by atoms with Crippen molar-refractivity contribution < 1.29 is 33.7 Å². The quantitative estimate of drug-likeness (QED) is 0.411. The molecule has 1 aliphatic carbocycles. The molecule has 0 saturated carbocycles. The van der Waals surface area contributed by atoms with Gasteiger partial charge in [-0.25, -0.2) is 14.4 Å². The van der Waals surface area contributed by atoms with E-state index in [1.807, 2.05) is 13.8 Å². The second kappa shape index (κ2) is 10.7. The summed E-state index contributed by atoms with van der Waals surface area (Å²) < 4.78 is 15.3. The number of methoxy groups -OCH3 is 1. The van der Waals surface area contributed by atoms with Crippen LogP contribution in [0.15, 0.2) is 34.9 Å². The van der Waals surface area contributed by atoms with Gasteiger partial charge in [0.1, 0.15) is 12.2 Å². The van der Waals surface area contributed by atoms with Crippen LogP contribution in [0.3, 0.4) is 0 Å². The van der Waals surface area contributed by atoms with Crippen LogP contribution in [0.2, 0.25) is 0 Å². The number of aliphatic hydroxyl groups excluding tert-OH is 1. The van der Waals surface area contributed by atoms with Gasteiger partial charge >= 0.3 is 17.9 Å². The van der Waals surface area contributed by atoms with Gasteiger partial charge in [0.25, 0.3) is 0 Å². The topological polar surface area (TPSA) is 99.1 Å². The lowest BCUT2D eigenvalue weighted by molar-refractivity contribution is -0.162. The summed E-state index contributed by atoms with van der Waals surface area (Å²) in [7, 11) is 1.22. The van der Waals surface area contributed by atoms with Crippen molar-refractivity contribution in [2.45, 2.75) is 65.3 Å². The van der Waals surface area contributed by atoms with E-state index in [1.54, 1.807) is 13.8 Å². The third-order valence-corrected chi connectivity index (χ3v) is 4.32. The Morgan fingerprint density at radius 3 is 2.07 bits per heavy atom. The molecule has 1 aliphatic rings. The van der Waals surface area contributed by atoms with E-state index in [4.69, 9.17) is 14.2 Å². The fourth-order valence-electron chi connectivity index (χ4n) is 2.37. The lowest BCUT2D eigenvalue weighted by atomic mass is 9.92. The molecule has 0 aromatic heterocycles. The Hall–Kier alpha value is -2.41. The fourth-order valence-corrected chi connectivity index (χ4v) is 2.37. The highest BCUT2D eigenvalue weighted by atomic mass is 16.6. The molecule has 0 radical (unpaired) electrons. The van der Waals surface area contributed by atoms with E-state index in [0.29, 0.717) is 12.8 Å². The van der Waals surface area contributed by atoms with E-state index in [0.717, 1.165) is 11.1 Å². The molecule has 7 nitrogen and oxygen atoms in total. The summed E-state index contributed by atoms with van der Waals surface area (Å²) in [6.45, 7) is 7.35. The van der Waals surface area contributed by atoms with E-state index in [2.05, 4.69) is 0 Å². The van der Waals surface area contributed by atoms with Gasteiger partial charge in [0.15, 0.2) is 6.10 Å². The average molecular weight is 380 g/mol. The molecule has 0 unspecified atom stereocenters. The van der Waals surface area contributed by atoms with Gasteiger partial charge in [-0.15, -0.1) is 0 Å². The number of aliphatic hydroxyl groups is 1. The number of hydrogen-bond donors (Lipinski definition) is 1. The zero-order chi connectivity index (χ0) is 20.6. The molecule has 0 aliphatic heterocycles. The maximum Gasteiger partial charge on any atom is 0.333 e. The Balaban J connectivity index is 3.02. The molecule has 0 saturated heterocycles. The Morgan fingerprint density at radius 1 is 1.07 bits per heavy atom. The van der Waals surface area contributed by atoms with Crippen LogP contribution in [0.5, 0.6) is 0 Å². The molecule has 0 bridgehead atoms. The van der Waals surface area contributed by atoms with Crippen molar-refractivity contribution >= 4 is 17.9 Å². The molecule has 1 N–H and O–H groups in total. The molecular weight excluding hydrogens is 352 g/mol. The Labute approximate surface area is 159 Å². The van der Waals surface area contributed by atoms with Crippen LogP contribution in [0.1, 0.15) is 47.0 Å². The first-order valence-corrected chi connectivity index (χ1v) is 8.94. The van der Waals surface area contributed by atoms with Gasteiger partial charge in [-0.1, -0.05) is 25.0 Å². The number of hydrogen-bond acceptors (Lipinski definition) is 7. The Bertz CT molecular complexity index is 657. The van der Waals surface area contributed by atoms with Gasteiger partial charge < -0.3 is 19.3 Å². The summed E-state index contributed by atoms with van der Waals surface area (Å²) in [5, 5.41) is 10.5. The van der Waals surface area contributed by atoms with Crippen molar-refractivity contribution in [3.63, 3.8) is 0 Å². The predicted molar refractivity (Wildman–Crippen MR) is 98.6 cm³/mol. The minimum atomic E-state index is -1.29. The number of allylic oxidation sites excluding steroid dienone is 2. The van der Waals surface area contributed by atoms with E-state index >= 15 is 0 Å². The van der Waals surface area contributed by atoms with Crippen molar-refractivity contribution in [3.05, 3.63) is 34.9 Å². The SMILES string of the molecule is CC/C(C)=C/C(=O)O[C@@H]1C=C(C(=O)OC)C[C@@H](OC(=O)/C=C(\C)CC)[C@@H]1O. The Kier molecular flexibility index (Phi) is 8.94. The maximum atomic E-state index is 12.0. The van der Waals surface area contributed by atoms with E-state index < -0.39 is 36.2 Å². The van der Waals surface area contributed by atoms with Crippen molar-refractivity contribution in [1.82, 2.24) is 0 Å². The molecule has 150 valence electrons. The second-order valence-electron chi connectivity index (χ2n) is 6.44. The van der Waals surface area contributed by atoms with Gasteiger partial charge in [-0.05, 0) is 32.8 Å².